The van der Waals surface area contributed by atoms with Crippen LogP contribution in [0.3, 0.4) is 0 Å². The van der Waals surface area contributed by atoms with Gasteiger partial charge in [0.25, 0.3) is 0 Å². The van der Waals surface area contributed by atoms with Gasteiger partial charge in [-0.3, -0.25) is 0 Å². The molecule has 146 valence electrons. The van der Waals surface area contributed by atoms with Crippen LogP contribution in [0.2, 0.25) is 0 Å². The van der Waals surface area contributed by atoms with E-state index < -0.39 is 16.0 Å². The Hall–Kier alpha value is -2.62. The van der Waals surface area contributed by atoms with Crippen LogP contribution in [0.4, 0.5) is 4.39 Å². The van der Waals surface area contributed by atoms with Crippen LogP contribution in [0.25, 0.3) is 10.6 Å². The molecule has 0 unspecified atom stereocenters. The van der Waals surface area contributed by atoms with E-state index in [2.05, 4.69) is 9.71 Å². The van der Waals surface area contributed by atoms with Crippen LogP contribution in [0.15, 0.2) is 52.7 Å². The second-order valence-electron chi connectivity index (χ2n) is 6.08. The lowest BCUT2D eigenvalue weighted by atomic mass is 10.1. The highest BCUT2D eigenvalue weighted by molar-refractivity contribution is 7.89. The summed E-state index contributed by atoms with van der Waals surface area (Å²) in [6, 6.07) is 9.98. The quantitative estimate of drug-likeness (QED) is 0.610. The fourth-order valence-electron chi connectivity index (χ4n) is 2.54. The zero-order valence-electron chi connectivity index (χ0n) is 14.8. The van der Waals surface area contributed by atoms with E-state index in [1.165, 1.54) is 35.6 Å². The molecule has 0 radical (unpaired) electrons. The molecule has 0 saturated heterocycles. The van der Waals surface area contributed by atoms with Gasteiger partial charge < -0.3 is 5.11 Å². The van der Waals surface area contributed by atoms with E-state index in [9.17, 15) is 17.6 Å². The Morgan fingerprint density at radius 3 is 2.61 bits per heavy atom. The number of aryl methyl sites for hydroxylation is 1. The van der Waals surface area contributed by atoms with E-state index in [1.54, 1.807) is 19.1 Å². The number of carboxylic acids is 1. The van der Waals surface area contributed by atoms with E-state index in [-0.39, 0.29) is 22.8 Å². The number of nitrogens with zero attached hydrogens (tertiary/aromatic N) is 1. The summed E-state index contributed by atoms with van der Waals surface area (Å²) in [4.78, 5) is 15.5. The SMILES string of the molecule is Cc1ccc(S(=O)(=O)NCCc2csc(-c3ccc(F)cc3)n2)cc1C(=O)O. The van der Waals surface area contributed by atoms with Gasteiger partial charge in [0.1, 0.15) is 10.8 Å². The molecule has 0 fully saturated rings. The molecule has 0 aliphatic carbocycles. The Bertz CT molecular complexity index is 1110. The second-order valence-corrected chi connectivity index (χ2v) is 8.71. The van der Waals surface area contributed by atoms with Gasteiger partial charge in [0.15, 0.2) is 0 Å². The van der Waals surface area contributed by atoms with Crippen molar-refractivity contribution in [2.45, 2.75) is 18.2 Å². The zero-order valence-corrected chi connectivity index (χ0v) is 16.5. The van der Waals surface area contributed by atoms with Crippen molar-refractivity contribution in [3.63, 3.8) is 0 Å². The number of aromatic nitrogens is 1. The third kappa shape index (κ3) is 4.61. The van der Waals surface area contributed by atoms with Crippen LogP contribution in [0, 0.1) is 12.7 Å². The number of rotatable bonds is 7. The summed E-state index contributed by atoms with van der Waals surface area (Å²) >= 11 is 1.39. The minimum Gasteiger partial charge on any atom is -0.478 e. The maximum atomic E-state index is 13.0. The molecule has 6 nitrogen and oxygen atoms in total. The highest BCUT2D eigenvalue weighted by Gasteiger charge is 2.17. The first kappa shape index (κ1) is 20.1. The molecule has 2 N–H and O–H groups in total. The topological polar surface area (TPSA) is 96.4 Å². The summed E-state index contributed by atoms with van der Waals surface area (Å²) < 4.78 is 40.3. The van der Waals surface area contributed by atoms with Crippen LogP contribution in [-0.2, 0) is 16.4 Å². The molecule has 9 heteroatoms. The van der Waals surface area contributed by atoms with Gasteiger partial charge in [-0.25, -0.2) is 27.3 Å². The Labute approximate surface area is 165 Å². The summed E-state index contributed by atoms with van der Waals surface area (Å²) in [5.41, 5.74) is 1.94. The summed E-state index contributed by atoms with van der Waals surface area (Å²) in [6.45, 7) is 1.72. The number of thiazole rings is 1. The molecule has 0 saturated carbocycles. The minimum atomic E-state index is -3.83. The van der Waals surface area contributed by atoms with E-state index >= 15 is 0 Å². The highest BCUT2D eigenvalue weighted by atomic mass is 32.2. The molecule has 0 amide bonds. The van der Waals surface area contributed by atoms with Crippen molar-refractivity contribution < 1.29 is 22.7 Å². The molecular weight excluding hydrogens is 403 g/mol. The Kier molecular flexibility index (Phi) is 5.87. The first-order chi connectivity index (χ1) is 13.3. The van der Waals surface area contributed by atoms with Gasteiger partial charge >= 0.3 is 5.97 Å². The largest absolute Gasteiger partial charge is 0.478 e. The predicted molar refractivity (Wildman–Crippen MR) is 105 cm³/mol. The molecule has 3 aromatic rings. The first-order valence-corrected chi connectivity index (χ1v) is 10.7. The van der Waals surface area contributed by atoms with Gasteiger partial charge in [-0.15, -0.1) is 11.3 Å². The standard InChI is InChI=1S/C19H17FN2O4S2/c1-12-2-7-16(10-17(12)19(23)24)28(25,26)21-9-8-15-11-27-18(22-15)13-3-5-14(20)6-4-13/h2-7,10-11,21H,8-9H2,1H3,(H,23,24). The van der Waals surface area contributed by atoms with Crippen molar-refractivity contribution in [1.82, 2.24) is 9.71 Å². The number of benzene rings is 2. The van der Waals surface area contributed by atoms with Crippen LogP contribution in [0.1, 0.15) is 21.6 Å². The average molecular weight is 420 g/mol. The lowest BCUT2D eigenvalue weighted by Gasteiger charge is -2.08. The lowest BCUT2D eigenvalue weighted by Crippen LogP contribution is -2.26. The Balaban J connectivity index is 1.65. The maximum absolute atomic E-state index is 13.0. The number of hydrogen-bond donors (Lipinski definition) is 2. The average Bonchev–Trinajstić information content (AvgIpc) is 3.11. The van der Waals surface area contributed by atoms with Crippen molar-refractivity contribution in [3.05, 3.63) is 70.5 Å². The van der Waals surface area contributed by atoms with Gasteiger partial charge in [-0.2, -0.15) is 0 Å². The highest BCUT2D eigenvalue weighted by Crippen LogP contribution is 2.24. The second kappa shape index (κ2) is 8.17. The third-order valence-corrected chi connectivity index (χ3v) is 6.46. The number of hydrogen-bond acceptors (Lipinski definition) is 5. The molecule has 0 aliphatic rings. The van der Waals surface area contributed by atoms with Crippen molar-refractivity contribution in [2.75, 3.05) is 6.54 Å². The van der Waals surface area contributed by atoms with Crippen molar-refractivity contribution >= 4 is 27.3 Å². The number of carboxylic acid groups (broad SMARTS) is 1. The molecule has 1 heterocycles. The Morgan fingerprint density at radius 1 is 1.21 bits per heavy atom. The van der Waals surface area contributed by atoms with E-state index in [1.807, 2.05) is 5.38 Å². The van der Waals surface area contributed by atoms with Gasteiger partial charge in [-0.1, -0.05) is 6.07 Å². The molecule has 0 atom stereocenters. The zero-order chi connectivity index (χ0) is 20.3. The van der Waals surface area contributed by atoms with Gasteiger partial charge in [-0.05, 0) is 48.9 Å². The maximum Gasteiger partial charge on any atom is 0.335 e. The minimum absolute atomic E-state index is 0.0497. The molecule has 0 bridgehead atoms. The van der Waals surface area contributed by atoms with Crippen molar-refractivity contribution in [3.8, 4) is 10.6 Å². The fourth-order valence-corrected chi connectivity index (χ4v) is 4.46. The number of halogens is 1. The fraction of sp³-hybridized carbons (Fsp3) is 0.158. The van der Waals surface area contributed by atoms with Gasteiger partial charge in [0.2, 0.25) is 10.0 Å². The molecule has 0 spiro atoms. The molecule has 1 aromatic heterocycles. The third-order valence-electron chi connectivity index (χ3n) is 4.07. The lowest BCUT2D eigenvalue weighted by molar-refractivity contribution is 0.0696. The van der Waals surface area contributed by atoms with Gasteiger partial charge in [0, 0.05) is 23.9 Å². The number of nitrogens with one attached hydrogen (secondary N) is 1. The summed E-state index contributed by atoms with van der Waals surface area (Å²) in [5, 5.41) is 11.7. The molecule has 3 rings (SSSR count). The number of aromatic carboxylic acids is 1. The van der Waals surface area contributed by atoms with Gasteiger partial charge in [0.05, 0.1) is 16.2 Å². The van der Waals surface area contributed by atoms with E-state index in [0.29, 0.717) is 17.7 Å². The summed E-state index contributed by atoms with van der Waals surface area (Å²) in [5.74, 6) is -1.50. The van der Waals surface area contributed by atoms with Crippen LogP contribution < -0.4 is 4.72 Å². The van der Waals surface area contributed by atoms with Crippen LogP contribution in [-0.4, -0.2) is 31.0 Å². The van der Waals surface area contributed by atoms with Crippen LogP contribution >= 0.6 is 11.3 Å². The normalized spacial score (nSPS) is 11.5. The number of sulfonamides is 1. The number of carbonyl (C=O) groups is 1. The summed E-state index contributed by atoms with van der Waals surface area (Å²) in [6.07, 6.45) is 0.370. The van der Waals surface area contributed by atoms with E-state index in [0.717, 1.165) is 16.6 Å². The molecular formula is C19H17FN2O4S2. The first-order valence-electron chi connectivity index (χ1n) is 8.30. The summed E-state index contributed by atoms with van der Waals surface area (Å²) in [7, 11) is -3.83. The molecule has 28 heavy (non-hydrogen) atoms. The Morgan fingerprint density at radius 2 is 1.93 bits per heavy atom. The van der Waals surface area contributed by atoms with Crippen LogP contribution in [0.5, 0.6) is 0 Å². The van der Waals surface area contributed by atoms with Crippen molar-refractivity contribution in [1.29, 1.82) is 0 Å². The molecule has 2 aromatic carbocycles. The van der Waals surface area contributed by atoms with Crippen molar-refractivity contribution in [2.24, 2.45) is 0 Å². The predicted octanol–water partition coefficient (Wildman–Crippen LogP) is 3.48. The molecule has 0 aliphatic heterocycles. The van der Waals surface area contributed by atoms with E-state index in [4.69, 9.17) is 5.11 Å². The monoisotopic (exact) mass is 420 g/mol. The smallest absolute Gasteiger partial charge is 0.335 e.